The number of rotatable bonds is 13. The van der Waals surface area contributed by atoms with E-state index in [0.29, 0.717) is 0 Å². The first-order chi connectivity index (χ1) is 12.9. The van der Waals surface area contributed by atoms with Crippen LogP contribution in [0.2, 0.25) is 0 Å². The molecule has 1 nitrogen and oxygen atoms in total. The molecule has 0 aliphatic rings. The first-order valence-corrected chi connectivity index (χ1v) is 10.8. The summed E-state index contributed by atoms with van der Waals surface area (Å²) in [6, 6.07) is 4.40. The number of nitrogens with zero attached hydrogens (tertiary/aromatic N) is 1. The van der Waals surface area contributed by atoms with Crippen LogP contribution in [0.25, 0.3) is 0 Å². The highest BCUT2D eigenvalue weighted by atomic mass is 19.2. The Kier molecular flexibility index (Phi) is 18.8. The van der Waals surface area contributed by atoms with Crippen LogP contribution in [0.4, 0.5) is 13.0 Å². The standard InChI is InChI=1S/C16H36N.C6H4BF3.FH/c1-5-9-13-17(14-10-6-2,15-11-7-3)16-12-8-4;8-6-3-1-2-5(4-6)7(9)10;/h5-16H2,1-4H3;1-4H;1H/q+1;;/p-1. The van der Waals surface area contributed by atoms with Crippen molar-refractivity contribution in [2.24, 2.45) is 0 Å². The van der Waals surface area contributed by atoms with E-state index < -0.39 is 13.1 Å². The SMILES string of the molecule is CCCC[N+](CCCC)(CCCC)CCCC.FB(F)c1cccc(F)c1.[F-]. The summed E-state index contributed by atoms with van der Waals surface area (Å²) < 4.78 is 37.2. The van der Waals surface area contributed by atoms with Crippen LogP contribution in [-0.2, 0) is 0 Å². The van der Waals surface area contributed by atoms with Crippen molar-refractivity contribution < 1.29 is 22.2 Å². The van der Waals surface area contributed by atoms with Gasteiger partial charge in [-0.1, -0.05) is 65.5 Å². The van der Waals surface area contributed by atoms with E-state index in [-0.39, 0.29) is 10.2 Å². The summed E-state index contributed by atoms with van der Waals surface area (Å²) in [5.41, 5.74) is -0.278. The average molecular weight is 405 g/mol. The zero-order chi connectivity index (χ0) is 20.5. The Morgan fingerprint density at radius 2 is 1.14 bits per heavy atom. The third-order valence-electron chi connectivity index (χ3n) is 5.04. The van der Waals surface area contributed by atoms with E-state index in [1.54, 1.807) is 0 Å². The minimum Gasteiger partial charge on any atom is -1.00 e. The third-order valence-corrected chi connectivity index (χ3v) is 5.04. The second-order valence-electron chi connectivity index (χ2n) is 7.51. The second kappa shape index (κ2) is 18.0. The normalized spacial score (nSPS) is 10.7. The summed E-state index contributed by atoms with van der Waals surface area (Å²) in [4.78, 5) is 0. The lowest BCUT2D eigenvalue weighted by Gasteiger charge is -2.39. The Labute approximate surface area is 170 Å². The van der Waals surface area contributed by atoms with Gasteiger partial charge >= 0.3 is 7.27 Å². The minimum absolute atomic E-state index is 0. The van der Waals surface area contributed by atoms with Crippen LogP contribution in [0, 0.1) is 5.82 Å². The molecule has 164 valence electrons. The van der Waals surface area contributed by atoms with E-state index in [1.807, 2.05) is 0 Å². The maximum atomic E-state index is 12.2. The van der Waals surface area contributed by atoms with Gasteiger partial charge in [0, 0.05) is 0 Å². The minimum atomic E-state index is -2.59. The zero-order valence-corrected chi connectivity index (χ0v) is 18.3. The van der Waals surface area contributed by atoms with Gasteiger partial charge in [0.2, 0.25) is 0 Å². The lowest BCUT2D eigenvalue weighted by molar-refractivity contribution is -0.929. The molecule has 0 heterocycles. The summed E-state index contributed by atoms with van der Waals surface area (Å²) in [5.74, 6) is -0.627. The van der Waals surface area contributed by atoms with Crippen molar-refractivity contribution >= 4 is 12.7 Å². The van der Waals surface area contributed by atoms with E-state index in [9.17, 15) is 13.0 Å². The second-order valence-corrected chi connectivity index (χ2v) is 7.51. The molecule has 0 aliphatic heterocycles. The van der Waals surface area contributed by atoms with Crippen molar-refractivity contribution in [2.45, 2.75) is 79.1 Å². The Morgan fingerprint density at radius 3 is 1.39 bits per heavy atom. The topological polar surface area (TPSA) is 0 Å². The Morgan fingerprint density at radius 1 is 0.750 bits per heavy atom. The predicted octanol–water partition coefficient (Wildman–Crippen LogP) is 3.47. The lowest BCUT2D eigenvalue weighted by atomic mass is 9.86. The van der Waals surface area contributed by atoms with Gasteiger partial charge in [0.25, 0.3) is 0 Å². The van der Waals surface area contributed by atoms with Crippen molar-refractivity contribution in [3.05, 3.63) is 30.1 Å². The van der Waals surface area contributed by atoms with E-state index in [0.717, 1.165) is 12.1 Å². The van der Waals surface area contributed by atoms with Gasteiger partial charge in [-0.25, -0.2) is 4.39 Å². The van der Waals surface area contributed by atoms with Gasteiger partial charge in [0.15, 0.2) is 0 Å². The molecule has 0 aliphatic carbocycles. The van der Waals surface area contributed by atoms with Crippen LogP contribution in [0.15, 0.2) is 24.3 Å². The van der Waals surface area contributed by atoms with Crippen LogP contribution < -0.4 is 10.2 Å². The average Bonchev–Trinajstić information content (AvgIpc) is 2.67. The fourth-order valence-electron chi connectivity index (χ4n) is 3.29. The van der Waals surface area contributed by atoms with E-state index in [2.05, 4.69) is 27.7 Å². The molecule has 0 amide bonds. The third kappa shape index (κ3) is 13.2. The predicted molar refractivity (Wildman–Crippen MR) is 113 cm³/mol. The highest BCUT2D eigenvalue weighted by Gasteiger charge is 2.24. The number of hydrogen-bond donors (Lipinski definition) is 0. The first kappa shape index (κ1) is 29.2. The van der Waals surface area contributed by atoms with Crippen LogP contribution in [0.5, 0.6) is 0 Å². The molecular weight excluding hydrogens is 365 g/mol. The van der Waals surface area contributed by atoms with Crippen LogP contribution in [0.1, 0.15) is 79.1 Å². The van der Waals surface area contributed by atoms with Gasteiger partial charge in [0.05, 0.1) is 26.2 Å². The Hall–Kier alpha value is -1.04. The molecule has 1 aromatic carbocycles. The highest BCUT2D eigenvalue weighted by Crippen LogP contribution is 2.16. The number of hydrogen-bond acceptors (Lipinski definition) is 0. The van der Waals surface area contributed by atoms with Crippen LogP contribution >= 0.6 is 0 Å². The molecule has 0 atom stereocenters. The molecule has 0 N–H and O–H groups in total. The maximum Gasteiger partial charge on any atom is 0.572 e. The molecule has 0 fully saturated rings. The fourth-order valence-corrected chi connectivity index (χ4v) is 3.29. The van der Waals surface area contributed by atoms with Gasteiger partial charge in [-0.05, 0) is 43.3 Å². The summed E-state index contributed by atoms with van der Waals surface area (Å²) in [6.07, 6.45) is 11.1. The van der Waals surface area contributed by atoms with Crippen molar-refractivity contribution in [1.82, 2.24) is 0 Å². The molecule has 0 aromatic heterocycles. The van der Waals surface area contributed by atoms with Crippen LogP contribution in [-0.4, -0.2) is 37.9 Å². The molecule has 0 radical (unpaired) electrons. The molecule has 0 unspecified atom stereocenters. The molecule has 6 heteroatoms. The smallest absolute Gasteiger partial charge is 0.572 e. The highest BCUT2D eigenvalue weighted by molar-refractivity contribution is 6.59. The van der Waals surface area contributed by atoms with Crippen LogP contribution in [0.3, 0.4) is 0 Å². The zero-order valence-electron chi connectivity index (χ0n) is 18.3. The number of benzene rings is 1. The molecule has 0 saturated heterocycles. The fraction of sp³-hybridized carbons (Fsp3) is 0.727. The largest absolute Gasteiger partial charge is 1.00 e. The van der Waals surface area contributed by atoms with Gasteiger partial charge in [0.1, 0.15) is 5.82 Å². The quantitative estimate of drug-likeness (QED) is 0.268. The molecule has 0 spiro atoms. The summed E-state index contributed by atoms with van der Waals surface area (Å²) in [6.45, 7) is 15.0. The monoisotopic (exact) mass is 405 g/mol. The van der Waals surface area contributed by atoms with E-state index in [1.165, 1.54) is 94.2 Å². The maximum absolute atomic E-state index is 12.2. The molecular formula is C22H40BF4N. The lowest BCUT2D eigenvalue weighted by Crippen LogP contribution is -3.00. The van der Waals surface area contributed by atoms with Crippen molar-refractivity contribution in [3.63, 3.8) is 0 Å². The Balaban J connectivity index is 0. The summed E-state index contributed by atoms with van der Waals surface area (Å²) in [5, 5.41) is 0. The first-order valence-electron chi connectivity index (χ1n) is 10.8. The van der Waals surface area contributed by atoms with E-state index in [4.69, 9.17) is 0 Å². The molecule has 0 bridgehead atoms. The van der Waals surface area contributed by atoms with Crippen molar-refractivity contribution in [1.29, 1.82) is 0 Å². The van der Waals surface area contributed by atoms with Gasteiger partial charge in [-0.3, -0.25) is 8.63 Å². The van der Waals surface area contributed by atoms with Crippen molar-refractivity contribution in [3.8, 4) is 0 Å². The molecule has 1 aromatic rings. The number of quaternary nitrogens is 1. The Bertz CT molecular complexity index is 434. The molecule has 1 rings (SSSR count). The van der Waals surface area contributed by atoms with Gasteiger partial charge < -0.3 is 9.19 Å². The number of unbranched alkanes of at least 4 members (excludes halogenated alkanes) is 4. The molecule has 0 saturated carbocycles. The summed E-state index contributed by atoms with van der Waals surface area (Å²) >= 11 is 0. The summed E-state index contributed by atoms with van der Waals surface area (Å²) in [7, 11) is -2.59. The van der Waals surface area contributed by atoms with Gasteiger partial charge in [-0.2, -0.15) is 0 Å². The van der Waals surface area contributed by atoms with Gasteiger partial charge in [-0.15, -0.1) is 0 Å². The number of halogens is 4. The van der Waals surface area contributed by atoms with Crippen molar-refractivity contribution in [2.75, 3.05) is 26.2 Å². The van der Waals surface area contributed by atoms with E-state index >= 15 is 0 Å². The molecule has 28 heavy (non-hydrogen) atoms.